The van der Waals surface area contributed by atoms with Crippen molar-refractivity contribution in [2.45, 2.75) is 19.9 Å². The van der Waals surface area contributed by atoms with Crippen LogP contribution in [0.2, 0.25) is 0 Å². The highest BCUT2D eigenvalue weighted by Gasteiger charge is 2.34. The van der Waals surface area contributed by atoms with Gasteiger partial charge in [-0.1, -0.05) is 24.3 Å². The zero-order valence-electron chi connectivity index (χ0n) is 19.8. The maximum atomic E-state index is 13.4. The Kier molecular flexibility index (Phi) is 6.37. The van der Waals surface area contributed by atoms with Crippen LogP contribution in [0.4, 0.5) is 11.4 Å². The number of thiophene rings is 1. The highest BCUT2D eigenvalue weighted by molar-refractivity contribution is 7.13. The average molecular weight is 488 g/mol. The van der Waals surface area contributed by atoms with Gasteiger partial charge < -0.3 is 18.8 Å². The molecule has 4 aromatic rings. The Labute approximate surface area is 207 Å². The van der Waals surface area contributed by atoms with Gasteiger partial charge in [0.05, 0.1) is 42.8 Å². The van der Waals surface area contributed by atoms with E-state index in [9.17, 15) is 4.79 Å². The molecule has 0 amide bonds. The molecule has 0 aliphatic carbocycles. The van der Waals surface area contributed by atoms with Crippen molar-refractivity contribution in [1.29, 1.82) is 0 Å². The van der Waals surface area contributed by atoms with Crippen LogP contribution >= 0.6 is 11.3 Å². The number of methoxy groups -OCH3 is 2. The number of hydrogen-bond donors (Lipinski definition) is 0. The van der Waals surface area contributed by atoms with E-state index in [2.05, 4.69) is 14.8 Å². The minimum atomic E-state index is -0.427. The summed E-state index contributed by atoms with van der Waals surface area (Å²) >= 11 is 1.60. The highest BCUT2D eigenvalue weighted by Crippen LogP contribution is 2.49. The van der Waals surface area contributed by atoms with Crippen LogP contribution in [0.25, 0.3) is 21.8 Å². The van der Waals surface area contributed by atoms with Crippen molar-refractivity contribution in [2.75, 3.05) is 20.8 Å². The molecule has 7 nitrogen and oxygen atoms in total. The van der Waals surface area contributed by atoms with E-state index in [0.717, 1.165) is 33.8 Å². The van der Waals surface area contributed by atoms with E-state index in [1.807, 2.05) is 60.0 Å². The Morgan fingerprint density at radius 2 is 1.77 bits per heavy atom. The molecule has 35 heavy (non-hydrogen) atoms. The van der Waals surface area contributed by atoms with Gasteiger partial charge in [-0.15, -0.1) is 16.5 Å². The molecule has 0 saturated heterocycles. The number of azo groups is 1. The van der Waals surface area contributed by atoms with E-state index < -0.39 is 5.97 Å². The molecule has 178 valence electrons. The van der Waals surface area contributed by atoms with Crippen LogP contribution in [0.1, 0.15) is 22.8 Å². The molecular formula is C27H25N3O4S. The number of rotatable bonds is 7. The fourth-order valence-corrected chi connectivity index (χ4v) is 5.23. The lowest BCUT2D eigenvalue weighted by Crippen LogP contribution is -2.14. The van der Waals surface area contributed by atoms with Crippen molar-refractivity contribution < 1.29 is 19.0 Å². The lowest BCUT2D eigenvalue weighted by molar-refractivity contribution is 0.0528. The summed E-state index contributed by atoms with van der Waals surface area (Å²) < 4.78 is 18.8. The van der Waals surface area contributed by atoms with E-state index >= 15 is 0 Å². The van der Waals surface area contributed by atoms with Gasteiger partial charge in [0.15, 0.2) is 11.5 Å². The zero-order valence-corrected chi connectivity index (χ0v) is 20.6. The molecule has 3 heterocycles. The summed E-state index contributed by atoms with van der Waals surface area (Å²) in [5, 5.41) is 11.1. The lowest BCUT2D eigenvalue weighted by Gasteiger charge is -2.23. The maximum Gasteiger partial charge on any atom is 0.342 e. The topological polar surface area (TPSA) is 74.4 Å². The fourth-order valence-electron chi connectivity index (χ4n) is 4.45. The third-order valence-electron chi connectivity index (χ3n) is 5.96. The van der Waals surface area contributed by atoms with Gasteiger partial charge in [0.25, 0.3) is 0 Å². The van der Waals surface area contributed by atoms with Crippen LogP contribution in [0, 0.1) is 0 Å². The third-order valence-corrected chi connectivity index (χ3v) is 6.84. The molecule has 0 fully saturated rings. The molecule has 0 unspecified atom stereocenters. The first kappa shape index (κ1) is 22.9. The van der Waals surface area contributed by atoms with Crippen molar-refractivity contribution >= 4 is 28.7 Å². The predicted molar refractivity (Wildman–Crippen MR) is 137 cm³/mol. The lowest BCUT2D eigenvalue weighted by atomic mass is 9.95. The molecule has 0 radical (unpaired) electrons. The molecule has 2 aromatic carbocycles. The molecule has 0 bridgehead atoms. The van der Waals surface area contributed by atoms with Gasteiger partial charge >= 0.3 is 5.97 Å². The number of esters is 1. The smallest absolute Gasteiger partial charge is 0.342 e. The molecule has 1 aliphatic rings. The highest BCUT2D eigenvalue weighted by atomic mass is 32.1. The van der Waals surface area contributed by atoms with Gasteiger partial charge in [-0.3, -0.25) is 0 Å². The van der Waals surface area contributed by atoms with E-state index in [0.29, 0.717) is 35.0 Å². The summed E-state index contributed by atoms with van der Waals surface area (Å²) in [6.07, 6.45) is 0.771. The molecule has 5 rings (SSSR count). The SMILES string of the molecule is CCOC(=O)c1c(N=Nc2ccccc2)c(-c2cccs2)n2c1-c1cc(OC)c(OC)cc1CC2. The van der Waals surface area contributed by atoms with E-state index in [1.165, 1.54) is 0 Å². The fraction of sp³-hybridized carbons (Fsp3) is 0.222. The number of hydrogen-bond acceptors (Lipinski definition) is 7. The van der Waals surface area contributed by atoms with Crippen LogP contribution in [-0.4, -0.2) is 31.4 Å². The van der Waals surface area contributed by atoms with Gasteiger partial charge in [0.1, 0.15) is 11.3 Å². The van der Waals surface area contributed by atoms with Crippen LogP contribution in [0.3, 0.4) is 0 Å². The molecular weight excluding hydrogens is 462 g/mol. The van der Waals surface area contributed by atoms with E-state index in [1.54, 1.807) is 32.5 Å². The summed E-state index contributed by atoms with van der Waals surface area (Å²) in [6, 6.07) is 17.4. The van der Waals surface area contributed by atoms with Crippen molar-refractivity contribution in [3.63, 3.8) is 0 Å². The average Bonchev–Trinajstić information content (AvgIpc) is 3.53. The first-order valence-electron chi connectivity index (χ1n) is 11.4. The number of aromatic nitrogens is 1. The molecule has 0 saturated carbocycles. The summed E-state index contributed by atoms with van der Waals surface area (Å²) in [7, 11) is 3.23. The Hall–Kier alpha value is -3.91. The first-order chi connectivity index (χ1) is 17.2. The number of aryl methyl sites for hydroxylation is 1. The molecule has 0 spiro atoms. The second-order valence-electron chi connectivity index (χ2n) is 7.92. The summed E-state index contributed by atoms with van der Waals surface area (Å²) in [6.45, 7) is 2.73. The zero-order chi connectivity index (χ0) is 24.4. The predicted octanol–water partition coefficient (Wildman–Crippen LogP) is 7.05. The molecule has 0 atom stereocenters. The number of carbonyl (C=O) groups is 1. The van der Waals surface area contributed by atoms with Gasteiger partial charge in [-0.05, 0) is 54.6 Å². The van der Waals surface area contributed by atoms with Gasteiger partial charge in [-0.2, -0.15) is 5.11 Å². The quantitative estimate of drug-likeness (QED) is 0.207. The molecule has 2 aromatic heterocycles. The minimum absolute atomic E-state index is 0.256. The Morgan fingerprint density at radius 1 is 1.00 bits per heavy atom. The summed E-state index contributed by atoms with van der Waals surface area (Å²) in [5.41, 5.74) is 5.21. The number of benzene rings is 2. The summed E-state index contributed by atoms with van der Waals surface area (Å²) in [5.74, 6) is 0.830. The summed E-state index contributed by atoms with van der Waals surface area (Å²) in [4.78, 5) is 14.4. The molecule has 1 aliphatic heterocycles. The Balaban J connectivity index is 1.82. The van der Waals surface area contributed by atoms with Crippen molar-refractivity contribution in [2.24, 2.45) is 10.2 Å². The van der Waals surface area contributed by atoms with Crippen molar-refractivity contribution in [1.82, 2.24) is 4.57 Å². The Bertz CT molecular complexity index is 1390. The van der Waals surface area contributed by atoms with Crippen molar-refractivity contribution in [3.8, 4) is 33.3 Å². The largest absolute Gasteiger partial charge is 0.493 e. The maximum absolute atomic E-state index is 13.4. The van der Waals surface area contributed by atoms with Crippen LogP contribution < -0.4 is 9.47 Å². The second-order valence-corrected chi connectivity index (χ2v) is 8.87. The van der Waals surface area contributed by atoms with Crippen LogP contribution in [0.5, 0.6) is 11.5 Å². The second kappa shape index (κ2) is 9.76. The number of nitrogens with zero attached hydrogens (tertiary/aromatic N) is 3. The number of carbonyl (C=O) groups excluding carboxylic acids is 1. The van der Waals surface area contributed by atoms with E-state index in [-0.39, 0.29) is 6.61 Å². The monoisotopic (exact) mass is 487 g/mol. The number of ether oxygens (including phenoxy) is 3. The minimum Gasteiger partial charge on any atom is -0.493 e. The van der Waals surface area contributed by atoms with Gasteiger partial charge in [-0.25, -0.2) is 4.79 Å². The number of fused-ring (bicyclic) bond motifs is 3. The first-order valence-corrected chi connectivity index (χ1v) is 12.2. The van der Waals surface area contributed by atoms with E-state index in [4.69, 9.17) is 14.2 Å². The molecule has 8 heteroatoms. The van der Waals surface area contributed by atoms with Crippen molar-refractivity contribution in [3.05, 3.63) is 71.1 Å². The van der Waals surface area contributed by atoms with Crippen LogP contribution in [-0.2, 0) is 17.7 Å². The third kappa shape index (κ3) is 4.10. The van der Waals surface area contributed by atoms with Gasteiger partial charge in [0, 0.05) is 12.1 Å². The Morgan fingerprint density at radius 3 is 2.46 bits per heavy atom. The normalized spacial score (nSPS) is 12.3. The molecule has 0 N–H and O–H groups in total. The standard InChI is InChI=1S/C27H25N3O4S/c1-4-34-27(31)23-24(29-28-18-9-6-5-7-10-18)26(22-11-8-14-35-22)30-13-12-17-15-20(32-2)21(33-3)16-19(17)25(23)30/h5-11,14-16H,4,12-13H2,1-3H3. The van der Waals surface area contributed by atoms with Crippen LogP contribution in [0.15, 0.2) is 70.2 Å². The van der Waals surface area contributed by atoms with Gasteiger partial charge in [0.2, 0.25) is 0 Å².